The van der Waals surface area contributed by atoms with Crippen molar-refractivity contribution in [2.24, 2.45) is 0 Å². The molecule has 0 atom stereocenters. The summed E-state index contributed by atoms with van der Waals surface area (Å²) in [4.78, 5) is 6.11. The minimum Gasteiger partial charge on any atom is -0.194 e. The minimum atomic E-state index is -5.71. The number of aryl methyl sites for hydroxylation is 2. The van der Waals surface area contributed by atoms with E-state index in [1.54, 1.807) is 24.3 Å². The Hall–Kier alpha value is -3.50. The van der Waals surface area contributed by atoms with Gasteiger partial charge in [0.2, 0.25) is 0 Å². The second-order valence-electron chi connectivity index (χ2n) is 11.3. The van der Waals surface area contributed by atoms with Crippen molar-refractivity contribution in [3.05, 3.63) is 111 Å². The summed E-state index contributed by atoms with van der Waals surface area (Å²) in [6.45, 7) is 3.76. The number of rotatable bonds is 4. The maximum atomic E-state index is 16.3. The van der Waals surface area contributed by atoms with E-state index in [1.807, 2.05) is 38.1 Å². The molecule has 6 heterocycles. The van der Waals surface area contributed by atoms with Crippen molar-refractivity contribution in [1.29, 1.82) is 10.5 Å². The molecule has 6 aromatic rings. The highest BCUT2D eigenvalue weighted by Gasteiger charge is 2.81. The van der Waals surface area contributed by atoms with Gasteiger partial charge in [-0.1, -0.05) is 0 Å². The summed E-state index contributed by atoms with van der Waals surface area (Å²) in [6, 6.07) is 20.6. The van der Waals surface area contributed by atoms with Gasteiger partial charge in [0.15, 0.2) is 0 Å². The third-order valence-corrected chi connectivity index (χ3v) is 15.6. The first-order chi connectivity index (χ1) is 22.7. The molecule has 14 heteroatoms. The molecule has 0 aromatic carbocycles. The van der Waals surface area contributed by atoms with Gasteiger partial charge < -0.3 is 0 Å². The molecular weight excluding hydrogens is 743 g/mol. The largest absolute Gasteiger partial charge is 0.380 e. The van der Waals surface area contributed by atoms with Gasteiger partial charge in [0.05, 0.1) is 0 Å². The molecule has 0 N–H and O–H groups in total. The van der Waals surface area contributed by atoms with Gasteiger partial charge in [0.25, 0.3) is 0 Å². The minimum absolute atomic E-state index is 0.227. The van der Waals surface area contributed by atoms with Gasteiger partial charge in [-0.3, -0.25) is 0 Å². The van der Waals surface area contributed by atoms with E-state index < -0.39 is 34.3 Å². The molecule has 0 fully saturated rings. The first-order valence-electron chi connectivity index (χ1n) is 14.1. The molecule has 0 spiro atoms. The highest BCUT2D eigenvalue weighted by atomic mass is 32.1. The van der Waals surface area contributed by atoms with Crippen molar-refractivity contribution in [1.82, 2.24) is 0 Å². The number of thiophene rings is 6. The summed E-state index contributed by atoms with van der Waals surface area (Å²) in [7, 11) is 0. The number of hydrogen-bond donors (Lipinski definition) is 0. The molecule has 0 bridgehead atoms. The summed E-state index contributed by atoms with van der Waals surface area (Å²) in [5.41, 5.74) is -4.91. The summed E-state index contributed by atoms with van der Waals surface area (Å²) in [5, 5.41) is 19.0. The molecule has 48 heavy (non-hydrogen) atoms. The number of halogens is 6. The smallest absolute Gasteiger partial charge is 0.194 e. The highest BCUT2D eigenvalue weighted by Crippen LogP contribution is 2.71. The second-order valence-corrected chi connectivity index (χ2v) is 18.1. The molecule has 6 aromatic heterocycles. The van der Waals surface area contributed by atoms with Gasteiger partial charge in [-0.2, -0.15) is 36.9 Å². The number of alkyl halides is 6. The van der Waals surface area contributed by atoms with Crippen LogP contribution in [0, 0.1) is 36.5 Å². The Balaban J connectivity index is 1.59. The molecule has 0 unspecified atom stereocenters. The lowest BCUT2D eigenvalue weighted by Crippen LogP contribution is -2.49. The fourth-order valence-corrected chi connectivity index (χ4v) is 13.5. The molecule has 0 saturated carbocycles. The van der Waals surface area contributed by atoms with Crippen LogP contribution in [-0.2, 0) is 5.41 Å². The monoisotopic (exact) mass is 758 g/mol. The summed E-state index contributed by atoms with van der Waals surface area (Å²) < 4.78 is 96.1. The van der Waals surface area contributed by atoms with E-state index in [-0.39, 0.29) is 20.9 Å². The standard InChI is InChI=1S/C34H16F6N2S6/c1-15-3-9-25(43-15)31(26-10-4-16(2)44-26)29-19(11-23(47-29)21-7-5-17(13-41)45-21)27-28(33(37,38)34(39,40)32(27,35)36)20-12-24(48-30(20)31)22-8-6-18(14-42)46-22/h3-12H,1-2H3. The molecule has 2 aliphatic carbocycles. The SMILES string of the molecule is Cc1ccc(C2(c3ccc(C)s3)c3sc(-c4ccc(C#N)s4)cc3C3=C(c4cc(-c5ccc(C#N)s5)sc42)C(F)(F)C(F)(F)C3(F)F)s1. The summed E-state index contributed by atoms with van der Waals surface area (Å²) in [5.74, 6) is -16.2. The van der Waals surface area contributed by atoms with Crippen LogP contribution < -0.4 is 0 Å². The van der Waals surface area contributed by atoms with Crippen molar-refractivity contribution >= 4 is 79.2 Å². The Morgan fingerprint density at radius 3 is 1.27 bits per heavy atom. The van der Waals surface area contributed by atoms with Gasteiger partial charge in [0, 0.05) is 71.0 Å². The van der Waals surface area contributed by atoms with E-state index in [9.17, 15) is 10.5 Å². The van der Waals surface area contributed by atoms with Crippen LogP contribution >= 0.6 is 68.0 Å². The van der Waals surface area contributed by atoms with E-state index >= 15 is 26.3 Å². The van der Waals surface area contributed by atoms with Crippen molar-refractivity contribution < 1.29 is 26.3 Å². The van der Waals surface area contributed by atoms with E-state index in [1.165, 1.54) is 34.8 Å². The molecule has 0 amide bonds. The summed E-state index contributed by atoms with van der Waals surface area (Å²) >= 11 is 7.16. The first kappa shape index (κ1) is 31.7. The van der Waals surface area contributed by atoms with Crippen molar-refractivity contribution in [2.45, 2.75) is 37.0 Å². The lowest BCUT2D eigenvalue weighted by Gasteiger charge is -2.34. The van der Waals surface area contributed by atoms with Crippen LogP contribution in [0.25, 0.3) is 30.7 Å². The maximum Gasteiger partial charge on any atom is 0.380 e. The van der Waals surface area contributed by atoms with Crippen molar-refractivity contribution in [3.8, 4) is 31.6 Å². The predicted molar refractivity (Wildman–Crippen MR) is 183 cm³/mol. The second kappa shape index (κ2) is 10.5. The predicted octanol–water partition coefficient (Wildman–Crippen LogP) is 12.3. The van der Waals surface area contributed by atoms with Gasteiger partial charge in [-0.25, -0.2) is 0 Å². The van der Waals surface area contributed by atoms with Gasteiger partial charge in [-0.05, 0) is 74.5 Å². The molecule has 0 radical (unpaired) electrons. The van der Waals surface area contributed by atoms with Crippen molar-refractivity contribution in [2.75, 3.05) is 0 Å². The van der Waals surface area contributed by atoms with Crippen LogP contribution in [0.3, 0.4) is 0 Å². The molecule has 0 saturated heterocycles. The third-order valence-electron chi connectivity index (χ3n) is 8.49. The Bertz CT molecular complexity index is 2250. The Morgan fingerprint density at radius 1 is 0.521 bits per heavy atom. The van der Waals surface area contributed by atoms with Crippen LogP contribution in [0.15, 0.2) is 60.7 Å². The van der Waals surface area contributed by atoms with Crippen LogP contribution in [-0.4, -0.2) is 17.8 Å². The van der Waals surface area contributed by atoms with Crippen LogP contribution in [0.5, 0.6) is 0 Å². The number of nitrogens with zero attached hydrogens (tertiary/aromatic N) is 2. The molecule has 2 nitrogen and oxygen atoms in total. The quantitative estimate of drug-likeness (QED) is 0.168. The van der Waals surface area contributed by atoms with Gasteiger partial charge in [0.1, 0.15) is 27.3 Å². The Morgan fingerprint density at radius 2 is 0.938 bits per heavy atom. The lowest BCUT2D eigenvalue weighted by molar-refractivity contribution is -0.254. The van der Waals surface area contributed by atoms with Crippen LogP contribution in [0.1, 0.15) is 50.1 Å². The van der Waals surface area contributed by atoms with Crippen LogP contribution in [0.4, 0.5) is 26.3 Å². The van der Waals surface area contributed by atoms with E-state index in [0.717, 1.165) is 55.1 Å². The zero-order chi connectivity index (χ0) is 34.0. The lowest BCUT2D eigenvalue weighted by atomic mass is 9.78. The molecular formula is C34H16F6N2S6. The normalized spacial score (nSPS) is 18.1. The maximum absolute atomic E-state index is 16.3. The Kier molecular flexibility index (Phi) is 6.95. The van der Waals surface area contributed by atoms with E-state index in [4.69, 9.17) is 0 Å². The fraction of sp³-hybridized carbons (Fsp3) is 0.176. The van der Waals surface area contributed by atoms with Crippen molar-refractivity contribution in [3.63, 3.8) is 0 Å². The Labute approximate surface area is 293 Å². The fourth-order valence-electron chi connectivity index (χ4n) is 6.39. The molecule has 240 valence electrons. The van der Waals surface area contributed by atoms with E-state index in [2.05, 4.69) is 12.1 Å². The molecule has 0 aliphatic heterocycles. The van der Waals surface area contributed by atoms with Gasteiger partial charge >= 0.3 is 17.8 Å². The zero-order valence-corrected chi connectivity index (χ0v) is 29.3. The average molecular weight is 759 g/mol. The number of nitriles is 2. The van der Waals surface area contributed by atoms with Crippen LogP contribution in [0.2, 0.25) is 0 Å². The zero-order valence-electron chi connectivity index (χ0n) is 24.4. The highest BCUT2D eigenvalue weighted by molar-refractivity contribution is 7.24. The number of fused-ring (bicyclic) bond motifs is 4. The number of allylic oxidation sites excluding steroid dienone is 2. The first-order valence-corrected chi connectivity index (χ1v) is 19.0. The average Bonchev–Trinajstić information content (AvgIpc) is 3.88. The molecule has 8 rings (SSSR count). The van der Waals surface area contributed by atoms with E-state index in [0.29, 0.717) is 39.0 Å². The topological polar surface area (TPSA) is 47.6 Å². The van der Waals surface area contributed by atoms with Gasteiger partial charge in [-0.15, -0.1) is 68.0 Å². The molecule has 2 aliphatic rings. The third kappa shape index (κ3) is 4.05. The number of hydrogen-bond acceptors (Lipinski definition) is 8. The summed E-state index contributed by atoms with van der Waals surface area (Å²) in [6.07, 6.45) is 0.